The zero-order chi connectivity index (χ0) is 30.8. The van der Waals surface area contributed by atoms with Gasteiger partial charge in [0.25, 0.3) is 0 Å². The number of fused-ring (bicyclic) bond motifs is 1. The lowest BCUT2D eigenvalue weighted by atomic mass is 9.98. The monoisotopic (exact) mass is 594 g/mol. The maximum Gasteiger partial charge on any atom is 0.336 e. The predicted molar refractivity (Wildman–Crippen MR) is 159 cm³/mol. The van der Waals surface area contributed by atoms with Gasteiger partial charge >= 0.3 is 5.97 Å². The van der Waals surface area contributed by atoms with Crippen LogP contribution in [0, 0.1) is 6.92 Å². The Morgan fingerprint density at radius 2 is 1.68 bits per heavy atom. The number of imidazole rings is 1. The van der Waals surface area contributed by atoms with Crippen molar-refractivity contribution in [3.05, 3.63) is 108 Å². The van der Waals surface area contributed by atoms with Gasteiger partial charge in [0.2, 0.25) is 0 Å². The minimum absolute atomic E-state index is 0.0203. The number of aromatic carboxylic acids is 1. The molecule has 0 aliphatic carbocycles. The number of benzene rings is 3. The molecule has 0 unspecified atom stereocenters. The van der Waals surface area contributed by atoms with Crippen LogP contribution in [0.15, 0.2) is 85.2 Å². The van der Waals surface area contributed by atoms with E-state index in [4.69, 9.17) is 14.5 Å². The number of Topliss-reactive ketones (excluding diaryl/α,β-unsaturated/α-hetero) is 1. The van der Waals surface area contributed by atoms with Crippen molar-refractivity contribution < 1.29 is 34.4 Å². The molecule has 44 heavy (non-hydrogen) atoms. The molecule has 6 rings (SSSR count). The molecule has 3 N–H and O–H groups in total. The van der Waals surface area contributed by atoms with Crippen molar-refractivity contribution in [3.8, 4) is 17.1 Å². The second kappa shape index (κ2) is 12.3. The third kappa shape index (κ3) is 5.80. The number of hydrogen-bond donors (Lipinski definition) is 3. The highest BCUT2D eigenvalue weighted by atomic mass is 16.6. The van der Waals surface area contributed by atoms with Crippen LogP contribution >= 0.6 is 0 Å². The highest BCUT2D eigenvalue weighted by Crippen LogP contribution is 2.33. The van der Waals surface area contributed by atoms with Gasteiger partial charge in [-0.25, -0.2) is 19.7 Å². The molecule has 3 heterocycles. The van der Waals surface area contributed by atoms with Gasteiger partial charge in [0.05, 0.1) is 17.6 Å². The summed E-state index contributed by atoms with van der Waals surface area (Å²) in [6.07, 6.45) is -2.27. The van der Waals surface area contributed by atoms with Gasteiger partial charge in [-0.15, -0.1) is 0 Å². The second-order valence-corrected chi connectivity index (χ2v) is 10.6. The van der Waals surface area contributed by atoms with Crippen LogP contribution in [-0.4, -0.2) is 71.5 Å². The summed E-state index contributed by atoms with van der Waals surface area (Å²) in [7, 11) is 0. The van der Waals surface area contributed by atoms with Gasteiger partial charge in [0.15, 0.2) is 23.5 Å². The van der Waals surface area contributed by atoms with Gasteiger partial charge < -0.3 is 24.8 Å². The van der Waals surface area contributed by atoms with E-state index < -0.39 is 30.5 Å². The highest BCUT2D eigenvalue weighted by molar-refractivity contribution is 6.05. The van der Waals surface area contributed by atoms with E-state index in [1.165, 1.54) is 18.5 Å². The van der Waals surface area contributed by atoms with E-state index in [1.807, 2.05) is 43.3 Å². The fraction of sp³-hybridized carbons (Fsp3) is 0.242. The minimum Gasteiger partial charge on any atom is -0.491 e. The van der Waals surface area contributed by atoms with Crippen LogP contribution in [0.25, 0.3) is 22.6 Å². The summed E-state index contributed by atoms with van der Waals surface area (Å²) in [6, 6.07) is 22.8. The fourth-order valence-electron chi connectivity index (χ4n) is 5.33. The summed E-state index contributed by atoms with van der Waals surface area (Å²) < 4.78 is 13.6. The number of carbonyl (C=O) groups excluding carboxylic acids is 1. The SMILES string of the molecule is Cc1nc(-c2ccccc2)nc2c1ncn2[C@@H]1O[C@H](COc2cccc(CCC(=O)c3ccccc3C(=O)O)c2)[C@@H](O)[C@H]1O. The topological polar surface area (TPSA) is 157 Å². The summed E-state index contributed by atoms with van der Waals surface area (Å²) >= 11 is 0. The fourth-order valence-corrected chi connectivity index (χ4v) is 5.33. The van der Waals surface area contributed by atoms with Crippen LogP contribution in [-0.2, 0) is 11.2 Å². The van der Waals surface area contributed by atoms with Gasteiger partial charge in [-0.05, 0) is 37.1 Å². The van der Waals surface area contributed by atoms with E-state index >= 15 is 0 Å². The minimum atomic E-state index is -1.26. The average molecular weight is 595 g/mol. The first-order valence-corrected chi connectivity index (χ1v) is 14.2. The molecule has 3 aromatic carbocycles. The quantitative estimate of drug-likeness (QED) is 0.202. The molecule has 0 radical (unpaired) electrons. The Morgan fingerprint density at radius 1 is 0.932 bits per heavy atom. The Morgan fingerprint density at radius 3 is 2.45 bits per heavy atom. The predicted octanol–water partition coefficient (Wildman–Crippen LogP) is 4.01. The molecule has 0 spiro atoms. The standard InChI is InChI=1S/C33H30N4O7/c1-19-27-31(36-30(35-19)21-9-3-2-4-10-21)37(18-34-27)32-29(40)28(39)26(44-32)17-43-22-11-7-8-20(16-22)14-15-25(38)23-12-5-6-13-24(23)33(41)42/h2-13,16,18,26,28-29,32,39-40H,14-15,17H2,1H3,(H,41,42)/t26-,28-,29-,32-/m1/s1. The van der Waals surface area contributed by atoms with Gasteiger partial charge in [-0.1, -0.05) is 60.7 Å². The van der Waals surface area contributed by atoms with Gasteiger partial charge in [0.1, 0.15) is 36.2 Å². The molecule has 0 saturated carbocycles. The van der Waals surface area contributed by atoms with Crippen molar-refractivity contribution >= 4 is 22.9 Å². The summed E-state index contributed by atoms with van der Waals surface area (Å²) in [4.78, 5) is 37.9. The molecule has 11 heteroatoms. The van der Waals surface area contributed by atoms with Gasteiger partial charge in [0, 0.05) is 17.5 Å². The van der Waals surface area contributed by atoms with Crippen molar-refractivity contribution in [1.29, 1.82) is 0 Å². The molecule has 1 fully saturated rings. The normalized spacial score (nSPS) is 19.7. The lowest BCUT2D eigenvalue weighted by Crippen LogP contribution is -2.34. The van der Waals surface area contributed by atoms with Crippen molar-refractivity contribution in [2.75, 3.05) is 6.61 Å². The lowest BCUT2D eigenvalue weighted by Gasteiger charge is -2.17. The van der Waals surface area contributed by atoms with Crippen LogP contribution in [0.1, 0.15) is 44.6 Å². The largest absolute Gasteiger partial charge is 0.491 e. The molecular weight excluding hydrogens is 564 g/mol. The molecule has 224 valence electrons. The van der Waals surface area contributed by atoms with Crippen LogP contribution in [0.2, 0.25) is 0 Å². The number of aliphatic hydroxyl groups is 2. The first-order valence-electron chi connectivity index (χ1n) is 14.2. The van der Waals surface area contributed by atoms with Crippen LogP contribution in [0.4, 0.5) is 0 Å². The summed E-state index contributed by atoms with van der Waals surface area (Å²) in [6.45, 7) is 1.79. The van der Waals surface area contributed by atoms with E-state index in [2.05, 4.69) is 9.97 Å². The third-order valence-corrected chi connectivity index (χ3v) is 7.65. The molecule has 1 aliphatic rings. The molecule has 1 saturated heterocycles. The van der Waals surface area contributed by atoms with Crippen molar-refractivity contribution in [1.82, 2.24) is 19.5 Å². The van der Waals surface area contributed by atoms with Gasteiger partial charge in [-0.3, -0.25) is 9.36 Å². The molecule has 0 amide bonds. The number of aryl methyl sites for hydroxylation is 2. The Kier molecular flexibility index (Phi) is 8.16. The zero-order valence-electron chi connectivity index (χ0n) is 23.8. The molecule has 5 aromatic rings. The van der Waals surface area contributed by atoms with Crippen LogP contribution in [0.5, 0.6) is 5.75 Å². The summed E-state index contributed by atoms with van der Waals surface area (Å²) in [5.41, 5.74) is 3.53. The number of rotatable bonds is 10. The van der Waals surface area contributed by atoms with Crippen LogP contribution in [0.3, 0.4) is 0 Å². The summed E-state index contributed by atoms with van der Waals surface area (Å²) in [5, 5.41) is 31.1. The lowest BCUT2D eigenvalue weighted by molar-refractivity contribution is -0.0474. The molecule has 2 aromatic heterocycles. The second-order valence-electron chi connectivity index (χ2n) is 10.6. The van der Waals surface area contributed by atoms with Crippen molar-refractivity contribution in [2.45, 2.75) is 44.3 Å². The molecule has 4 atom stereocenters. The Bertz CT molecular complexity index is 1820. The number of nitrogens with zero attached hydrogens (tertiary/aromatic N) is 4. The number of ketones is 1. The number of aliphatic hydroxyl groups excluding tert-OH is 2. The summed E-state index contributed by atoms with van der Waals surface area (Å²) in [5.74, 6) is -0.397. The highest BCUT2D eigenvalue weighted by Gasteiger charge is 2.44. The molecular formula is C33H30N4O7. The van der Waals surface area contributed by atoms with E-state index in [9.17, 15) is 24.9 Å². The number of aromatic nitrogens is 4. The van der Waals surface area contributed by atoms with Crippen molar-refractivity contribution in [2.24, 2.45) is 0 Å². The van der Waals surface area contributed by atoms with E-state index in [0.717, 1.165) is 11.1 Å². The van der Waals surface area contributed by atoms with Crippen LogP contribution < -0.4 is 4.74 Å². The average Bonchev–Trinajstić information content (AvgIpc) is 3.59. The number of ether oxygens (including phenoxy) is 2. The number of carboxylic acids is 1. The van der Waals surface area contributed by atoms with Gasteiger partial charge in [-0.2, -0.15) is 0 Å². The number of carboxylic acid groups (broad SMARTS) is 1. The first-order chi connectivity index (χ1) is 21.3. The third-order valence-electron chi connectivity index (χ3n) is 7.65. The molecule has 11 nitrogen and oxygen atoms in total. The number of carbonyl (C=O) groups is 2. The first kappa shape index (κ1) is 29.1. The number of hydrogen-bond acceptors (Lipinski definition) is 9. The van der Waals surface area contributed by atoms with E-state index in [0.29, 0.717) is 34.9 Å². The zero-order valence-corrected chi connectivity index (χ0v) is 23.8. The Balaban J connectivity index is 1.12. The Hall–Kier alpha value is -4.97. The van der Waals surface area contributed by atoms with Crippen molar-refractivity contribution in [3.63, 3.8) is 0 Å². The maximum absolute atomic E-state index is 12.7. The molecule has 1 aliphatic heterocycles. The van der Waals surface area contributed by atoms with E-state index in [-0.39, 0.29) is 29.9 Å². The Labute approximate surface area is 252 Å². The van der Waals surface area contributed by atoms with E-state index in [1.54, 1.807) is 34.9 Å². The maximum atomic E-state index is 12.7. The molecule has 0 bridgehead atoms. The smallest absolute Gasteiger partial charge is 0.336 e.